The van der Waals surface area contributed by atoms with Crippen LogP contribution in [0.1, 0.15) is 26.7 Å². The fraction of sp³-hybridized carbons (Fsp3) is 0.778. The van der Waals surface area contributed by atoms with Crippen molar-refractivity contribution in [1.82, 2.24) is 0 Å². The van der Waals surface area contributed by atoms with E-state index in [1.807, 2.05) is 0 Å². The highest BCUT2D eigenvalue weighted by Gasteiger charge is 1.81. The van der Waals surface area contributed by atoms with E-state index in [4.69, 9.17) is 0 Å². The predicted molar refractivity (Wildman–Crippen MR) is 103 cm³/mol. The van der Waals surface area contributed by atoms with E-state index in [1.54, 1.807) is 0 Å². The van der Waals surface area contributed by atoms with Gasteiger partial charge in [-0.25, -0.2) is 0 Å². The van der Waals surface area contributed by atoms with Gasteiger partial charge in [-0.2, -0.15) is 0 Å². The van der Waals surface area contributed by atoms with E-state index >= 15 is 0 Å². The van der Waals surface area contributed by atoms with Crippen molar-refractivity contribution in [2.75, 3.05) is 11.3 Å². The molecule has 0 radical (unpaired) electrons. The van der Waals surface area contributed by atoms with Crippen molar-refractivity contribution in [3.05, 3.63) is 13.2 Å². The summed E-state index contributed by atoms with van der Waals surface area (Å²) in [5, 5.41) is 0. The Morgan fingerprint density at radius 2 is 0.923 bits per heavy atom. The van der Waals surface area contributed by atoms with Crippen molar-refractivity contribution < 1.29 is 0 Å². The monoisotopic (exact) mass is 636 g/mol. The minimum atomic E-state index is 0. The summed E-state index contributed by atoms with van der Waals surface area (Å²) < 4.78 is 3.85. The average molecular weight is 636 g/mol. The Balaban J connectivity index is -0.0000000581. The molecule has 0 aliphatic heterocycles. The molecule has 0 unspecified atom stereocenters. The van der Waals surface area contributed by atoms with E-state index in [-0.39, 0.29) is 7.43 Å². The van der Waals surface area contributed by atoms with Crippen LogP contribution in [0.3, 0.4) is 0 Å². The lowest BCUT2D eigenvalue weighted by Gasteiger charge is -1.89. The van der Waals surface area contributed by atoms with Crippen molar-refractivity contribution >= 4 is 90.4 Å². The number of halogens is 4. The van der Waals surface area contributed by atoms with Gasteiger partial charge in [0.05, 0.1) is 2.43 Å². The summed E-state index contributed by atoms with van der Waals surface area (Å²) >= 11 is 9.40. The fourth-order valence-corrected chi connectivity index (χ4v) is 1.44. The molecule has 0 aromatic rings. The molecule has 0 heterocycles. The molecule has 0 nitrogen and oxygen atoms in total. The first-order valence-electron chi connectivity index (χ1n) is 3.57. The second-order valence-electron chi connectivity index (χ2n) is 1.54. The van der Waals surface area contributed by atoms with Crippen LogP contribution in [0.15, 0.2) is 13.2 Å². The number of rotatable bonds is 4. The standard InChI is InChI=1S/C5H10I2.C2H4.CH2I2.CH4/c6-4-2-1-3-5-7;1-2;2-1-3;/h1-5H2;1-2H2;1H2;1H4. The Morgan fingerprint density at radius 3 is 1.08 bits per heavy atom. The van der Waals surface area contributed by atoms with Gasteiger partial charge in [0.15, 0.2) is 0 Å². The smallest absolute Gasteiger partial charge is 0.0516 e. The van der Waals surface area contributed by atoms with Gasteiger partial charge in [0.25, 0.3) is 0 Å². The molecule has 4 heteroatoms. The van der Waals surface area contributed by atoms with Gasteiger partial charge >= 0.3 is 0 Å². The number of alkyl halides is 4. The molecule has 84 valence electrons. The zero-order chi connectivity index (χ0) is 10.2. The maximum Gasteiger partial charge on any atom is 0.0516 e. The Bertz CT molecular complexity index is 46.9. The van der Waals surface area contributed by atoms with E-state index in [1.165, 1.54) is 30.6 Å². The van der Waals surface area contributed by atoms with Crippen molar-refractivity contribution in [3.8, 4) is 0 Å². The van der Waals surface area contributed by atoms with Crippen LogP contribution >= 0.6 is 90.4 Å². The highest BCUT2D eigenvalue weighted by atomic mass is 127. The summed E-state index contributed by atoms with van der Waals surface area (Å²) in [6.07, 6.45) is 4.24. The topological polar surface area (TPSA) is 0 Å². The lowest BCUT2D eigenvalue weighted by atomic mass is 10.3. The van der Waals surface area contributed by atoms with Gasteiger partial charge in [0.2, 0.25) is 0 Å². The van der Waals surface area contributed by atoms with Crippen molar-refractivity contribution in [1.29, 1.82) is 0 Å². The van der Waals surface area contributed by atoms with Gasteiger partial charge in [-0.3, -0.25) is 0 Å². The third-order valence-electron chi connectivity index (χ3n) is 0.767. The highest BCUT2D eigenvalue weighted by molar-refractivity contribution is 14.2. The number of unbranched alkanes of at least 4 members (excludes halogenated alkanes) is 2. The lowest BCUT2D eigenvalue weighted by molar-refractivity contribution is 0.799. The van der Waals surface area contributed by atoms with E-state index < -0.39 is 0 Å². The third-order valence-corrected chi connectivity index (χ3v) is 2.29. The van der Waals surface area contributed by atoms with E-state index in [2.05, 4.69) is 104 Å². The zero-order valence-electron chi connectivity index (χ0n) is 7.17. The first kappa shape index (κ1) is 24.8. The van der Waals surface area contributed by atoms with Crippen molar-refractivity contribution in [2.24, 2.45) is 0 Å². The molecule has 0 saturated carbocycles. The van der Waals surface area contributed by atoms with E-state index in [0.29, 0.717) is 0 Å². The van der Waals surface area contributed by atoms with Crippen LogP contribution in [0.4, 0.5) is 0 Å². The highest BCUT2D eigenvalue weighted by Crippen LogP contribution is 2.00. The predicted octanol–water partition coefficient (Wildman–Crippen LogP) is 6.28. The SMILES string of the molecule is C.C=C.ICCCCCI.ICI. The van der Waals surface area contributed by atoms with Crippen LogP contribution < -0.4 is 0 Å². The quantitative estimate of drug-likeness (QED) is 0.148. The Labute approximate surface area is 139 Å². The minimum Gasteiger partial charge on any atom is -0.106 e. The molecule has 0 aliphatic carbocycles. The summed E-state index contributed by atoms with van der Waals surface area (Å²) in [7, 11) is 0. The van der Waals surface area contributed by atoms with Gasteiger partial charge in [0.1, 0.15) is 0 Å². The molecule has 0 rings (SSSR count). The fourth-order valence-electron chi connectivity index (χ4n) is 0.366. The second kappa shape index (κ2) is 36.5. The third kappa shape index (κ3) is 53.0. The number of hydrogen-bond acceptors (Lipinski definition) is 0. The van der Waals surface area contributed by atoms with E-state index in [0.717, 1.165) is 0 Å². The van der Waals surface area contributed by atoms with Crippen LogP contribution in [-0.4, -0.2) is 11.3 Å². The molecule has 0 spiro atoms. The Morgan fingerprint density at radius 1 is 0.692 bits per heavy atom. The maximum absolute atomic E-state index is 3.00. The molecule has 0 saturated heterocycles. The maximum atomic E-state index is 3.00. The van der Waals surface area contributed by atoms with E-state index in [9.17, 15) is 0 Å². The van der Waals surface area contributed by atoms with Gasteiger partial charge in [0, 0.05) is 0 Å². The minimum absolute atomic E-state index is 0. The first-order valence-corrected chi connectivity index (χ1v) is 9.67. The molecular weight excluding hydrogens is 616 g/mol. The van der Waals surface area contributed by atoms with Crippen LogP contribution in [-0.2, 0) is 0 Å². The molecule has 0 bridgehead atoms. The van der Waals surface area contributed by atoms with Crippen LogP contribution in [0, 0.1) is 0 Å². The molecule has 0 N–H and O–H groups in total. The van der Waals surface area contributed by atoms with Crippen LogP contribution in [0.2, 0.25) is 0 Å². The summed E-state index contributed by atoms with van der Waals surface area (Å²) in [6, 6.07) is 0. The lowest BCUT2D eigenvalue weighted by Crippen LogP contribution is -1.76. The summed E-state index contributed by atoms with van der Waals surface area (Å²) in [5.74, 6) is 0. The van der Waals surface area contributed by atoms with Gasteiger partial charge in [-0.05, 0) is 21.7 Å². The molecule has 0 aromatic carbocycles. The molecule has 0 aromatic heterocycles. The summed E-state index contributed by atoms with van der Waals surface area (Å²) in [4.78, 5) is 0. The molecule has 13 heavy (non-hydrogen) atoms. The molecule has 0 fully saturated rings. The largest absolute Gasteiger partial charge is 0.106 e. The second-order valence-corrected chi connectivity index (χ2v) is 8.14. The molecule has 0 atom stereocenters. The molecule has 0 amide bonds. The van der Waals surface area contributed by atoms with Gasteiger partial charge < -0.3 is 0 Å². The Kier molecular flexibility index (Phi) is 69.5. The average Bonchev–Trinajstić information content (AvgIpc) is 2.11. The normalized spacial score (nSPS) is 6.77. The first-order chi connectivity index (χ1) is 5.83. The Hall–Kier alpha value is 2.66. The zero-order valence-corrected chi connectivity index (χ0v) is 15.8. The van der Waals surface area contributed by atoms with Crippen LogP contribution in [0.5, 0.6) is 0 Å². The molecule has 0 aliphatic rings. The van der Waals surface area contributed by atoms with Gasteiger partial charge in [-0.15, -0.1) is 13.2 Å². The van der Waals surface area contributed by atoms with Gasteiger partial charge in [-0.1, -0.05) is 104 Å². The van der Waals surface area contributed by atoms with Crippen molar-refractivity contribution in [2.45, 2.75) is 26.7 Å². The number of hydrogen-bond donors (Lipinski definition) is 0. The molecular formula is C9H20I4. The summed E-state index contributed by atoms with van der Waals surface area (Å²) in [6.45, 7) is 6.00. The van der Waals surface area contributed by atoms with Crippen LogP contribution in [0.25, 0.3) is 0 Å². The van der Waals surface area contributed by atoms with Crippen molar-refractivity contribution in [3.63, 3.8) is 0 Å². The summed E-state index contributed by atoms with van der Waals surface area (Å²) in [5.41, 5.74) is 0.